The van der Waals surface area contributed by atoms with Gasteiger partial charge < -0.3 is 14.7 Å². The Bertz CT molecular complexity index is 1110. The molecule has 0 unspecified atom stereocenters. The predicted molar refractivity (Wildman–Crippen MR) is 138 cm³/mol. The van der Waals surface area contributed by atoms with E-state index in [1.165, 1.54) is 28.4 Å². The Morgan fingerprint density at radius 1 is 0.378 bits per heavy atom. The summed E-state index contributed by atoms with van der Waals surface area (Å²) in [5.41, 5.74) is 5.47. The summed E-state index contributed by atoms with van der Waals surface area (Å²) in [5, 5.41) is 0. The van der Waals surface area contributed by atoms with Crippen LogP contribution < -0.4 is 14.7 Å². The molecule has 0 bridgehead atoms. The first kappa shape index (κ1) is 27.7. The Kier molecular flexibility index (Phi) is 11.4. The van der Waals surface area contributed by atoms with Crippen molar-refractivity contribution >= 4 is 0 Å². The highest BCUT2D eigenvalue weighted by Crippen LogP contribution is 2.25. The normalized spacial score (nSPS) is 10.3. The smallest absolute Gasteiger partial charge is 0.165 e. The molecule has 0 aliphatic carbocycles. The van der Waals surface area contributed by atoms with Crippen molar-refractivity contribution in [2.24, 2.45) is 0 Å². The molecule has 0 aliphatic rings. The number of hydrogen-bond acceptors (Lipinski definition) is 8. The summed E-state index contributed by atoms with van der Waals surface area (Å²) in [6, 6.07) is 31.0. The lowest BCUT2D eigenvalue weighted by Crippen LogP contribution is -1.91. The maximum absolute atomic E-state index is 4.93. The Morgan fingerprint density at radius 3 is 0.946 bits per heavy atom. The minimum atomic E-state index is 0.442. The van der Waals surface area contributed by atoms with E-state index in [9.17, 15) is 0 Å². The van der Waals surface area contributed by atoms with Gasteiger partial charge in [0.2, 0.25) is 0 Å². The van der Waals surface area contributed by atoms with Crippen LogP contribution in [-0.4, -0.2) is 28.4 Å². The van der Waals surface area contributed by atoms with Crippen molar-refractivity contribution in [1.29, 1.82) is 0 Å². The van der Waals surface area contributed by atoms with Crippen LogP contribution in [0.2, 0.25) is 0 Å². The van der Waals surface area contributed by atoms with E-state index in [-0.39, 0.29) is 0 Å². The molecule has 0 atom stereocenters. The van der Waals surface area contributed by atoms with Gasteiger partial charge in [0, 0.05) is 0 Å². The fourth-order valence-electron chi connectivity index (χ4n) is 3.32. The van der Waals surface area contributed by atoms with Crippen molar-refractivity contribution in [3.63, 3.8) is 0 Å². The summed E-state index contributed by atoms with van der Waals surface area (Å²) in [6.45, 7) is 0.442. The van der Waals surface area contributed by atoms with Gasteiger partial charge >= 0.3 is 0 Å². The zero-order valence-corrected chi connectivity index (χ0v) is 21.2. The summed E-state index contributed by atoms with van der Waals surface area (Å²) in [4.78, 5) is 38.0. The molecule has 194 valence electrons. The van der Waals surface area contributed by atoms with Crippen LogP contribution in [0.15, 0.2) is 97.1 Å². The van der Waals surface area contributed by atoms with Crippen molar-refractivity contribution in [2.75, 3.05) is 28.4 Å². The second-order valence-corrected chi connectivity index (χ2v) is 7.45. The van der Waals surface area contributed by atoms with E-state index in [0.29, 0.717) is 23.9 Å². The van der Waals surface area contributed by atoms with Gasteiger partial charge in [-0.1, -0.05) is 60.7 Å². The maximum atomic E-state index is 4.93. The van der Waals surface area contributed by atoms with Gasteiger partial charge in [0.25, 0.3) is 0 Å². The van der Waals surface area contributed by atoms with Crippen molar-refractivity contribution in [3.8, 4) is 39.5 Å². The minimum Gasteiger partial charge on any atom is -0.338 e. The molecule has 0 saturated carbocycles. The lowest BCUT2D eigenvalue weighted by Gasteiger charge is -2.05. The molecule has 0 saturated heterocycles. The average molecular weight is 507 g/mol. The Balaban J connectivity index is 0.000000206. The van der Waals surface area contributed by atoms with E-state index in [0.717, 1.165) is 27.8 Å². The van der Waals surface area contributed by atoms with Gasteiger partial charge in [-0.05, 0) is 64.2 Å². The highest BCUT2D eigenvalue weighted by molar-refractivity contribution is 5.65. The predicted octanol–water partition coefficient (Wildman–Crippen LogP) is 6.61. The van der Waals surface area contributed by atoms with Crippen LogP contribution >= 0.6 is 0 Å². The van der Waals surface area contributed by atoms with Gasteiger partial charge in [-0.15, -0.1) is 0 Å². The van der Waals surface area contributed by atoms with Gasteiger partial charge in [-0.2, -0.15) is 14.7 Å². The van der Waals surface area contributed by atoms with Gasteiger partial charge in [-0.25, -0.2) is 9.78 Å². The molecule has 4 aromatic carbocycles. The first-order chi connectivity index (χ1) is 18.2. The second kappa shape index (κ2) is 15.2. The average Bonchev–Trinajstić information content (AvgIpc) is 2.94. The molecule has 0 radical (unpaired) electrons. The number of benzene rings is 4. The third kappa shape index (κ3) is 8.91. The molecule has 4 aromatic rings. The topological polar surface area (TPSA) is 73.8 Å². The zero-order chi connectivity index (χ0) is 26.3. The first-order valence-corrected chi connectivity index (χ1v) is 11.3. The molecule has 4 rings (SSSR count). The Morgan fingerprint density at radius 2 is 0.676 bits per heavy atom. The summed E-state index contributed by atoms with van der Waals surface area (Å²) in [6.07, 6.45) is 0. The van der Waals surface area contributed by atoms with Crippen molar-refractivity contribution in [2.45, 2.75) is 6.61 Å². The number of hydrogen-bond donors (Lipinski definition) is 0. The van der Waals surface area contributed by atoms with E-state index in [1.54, 1.807) is 0 Å². The summed E-state index contributed by atoms with van der Waals surface area (Å²) in [7, 11) is 5.93. The molecule has 0 spiro atoms. The minimum absolute atomic E-state index is 0.442. The maximum Gasteiger partial charge on any atom is 0.165 e. The van der Waals surface area contributed by atoms with Gasteiger partial charge in [0.1, 0.15) is 6.61 Å². The van der Waals surface area contributed by atoms with Crippen LogP contribution in [0.5, 0.6) is 17.2 Å². The molecule has 0 amide bonds. The van der Waals surface area contributed by atoms with Crippen LogP contribution in [0.1, 0.15) is 5.56 Å². The molecule has 8 heteroatoms. The van der Waals surface area contributed by atoms with Gasteiger partial charge in [0.15, 0.2) is 17.2 Å². The lowest BCUT2D eigenvalue weighted by molar-refractivity contribution is -0.282. The SMILES string of the molecule is COOCc1ccc(-c2ccc(OOC)cc2)cc1.COOc1ccc(-c2ccc(OOC)cc2)cc1. The second-order valence-electron chi connectivity index (χ2n) is 7.45. The largest absolute Gasteiger partial charge is 0.338 e. The van der Waals surface area contributed by atoms with Gasteiger partial charge in [-0.3, -0.25) is 0 Å². The molecular weight excluding hydrogens is 476 g/mol. The number of rotatable bonds is 11. The van der Waals surface area contributed by atoms with Crippen molar-refractivity contribution in [3.05, 3.63) is 103 Å². The highest BCUT2D eigenvalue weighted by atomic mass is 17.2. The van der Waals surface area contributed by atoms with E-state index < -0.39 is 0 Å². The highest BCUT2D eigenvalue weighted by Gasteiger charge is 2.02. The summed E-state index contributed by atoms with van der Waals surface area (Å²) in [5.74, 6) is 2.01. The van der Waals surface area contributed by atoms with Crippen LogP contribution in [0, 0.1) is 0 Å². The molecule has 8 nitrogen and oxygen atoms in total. The van der Waals surface area contributed by atoms with Gasteiger partial charge in [0.05, 0.1) is 28.4 Å². The monoisotopic (exact) mass is 506 g/mol. The Hall–Kier alpha value is -3.92. The molecule has 0 heterocycles. The van der Waals surface area contributed by atoms with E-state index in [4.69, 9.17) is 19.6 Å². The fraction of sp³-hybridized carbons (Fsp3) is 0.172. The van der Waals surface area contributed by atoms with Crippen LogP contribution in [0.25, 0.3) is 22.3 Å². The molecule has 0 aliphatic heterocycles. The molecule has 0 N–H and O–H groups in total. The van der Waals surface area contributed by atoms with Crippen LogP contribution in [-0.2, 0) is 31.0 Å². The summed E-state index contributed by atoms with van der Waals surface area (Å²) >= 11 is 0. The van der Waals surface area contributed by atoms with E-state index in [1.807, 2.05) is 97.1 Å². The van der Waals surface area contributed by atoms with E-state index in [2.05, 4.69) is 19.6 Å². The van der Waals surface area contributed by atoms with E-state index >= 15 is 0 Å². The Labute approximate surface area is 216 Å². The molecular formula is C29H30O8. The summed E-state index contributed by atoms with van der Waals surface area (Å²) < 4.78 is 0. The lowest BCUT2D eigenvalue weighted by atomic mass is 10.0. The molecule has 0 fully saturated rings. The zero-order valence-electron chi connectivity index (χ0n) is 21.2. The fourth-order valence-corrected chi connectivity index (χ4v) is 3.32. The quantitative estimate of drug-likeness (QED) is 0.166. The molecule has 37 heavy (non-hydrogen) atoms. The first-order valence-electron chi connectivity index (χ1n) is 11.3. The molecule has 0 aromatic heterocycles. The van der Waals surface area contributed by atoms with Crippen molar-refractivity contribution in [1.82, 2.24) is 0 Å². The standard InChI is InChI=1S/C15H16O4.C14H14O4/c1-16-18-11-12-3-5-13(6-4-12)14-7-9-15(10-8-14)19-17-2;1-15-17-13-7-3-11(4-8-13)12-5-9-14(10-6-12)18-16-2/h3-10H,11H2,1-2H3;3-10H,1-2H3. The van der Waals surface area contributed by atoms with Crippen LogP contribution in [0.3, 0.4) is 0 Å². The third-order valence-electron chi connectivity index (χ3n) is 5.07. The third-order valence-corrected chi connectivity index (χ3v) is 5.07. The van der Waals surface area contributed by atoms with Crippen molar-refractivity contribution < 1.29 is 39.1 Å². The van der Waals surface area contributed by atoms with Crippen LogP contribution in [0.4, 0.5) is 0 Å².